The molecule has 0 aliphatic heterocycles. The largest absolute Gasteiger partial charge is 0.310 e. The van der Waals surface area contributed by atoms with Crippen molar-refractivity contribution < 1.29 is 4.39 Å². The molecule has 0 saturated carbocycles. The number of benzene rings is 1. The predicted octanol–water partition coefficient (Wildman–Crippen LogP) is 3.58. The van der Waals surface area contributed by atoms with Crippen LogP contribution in [0.2, 0.25) is 0 Å². The molecule has 1 nitrogen and oxygen atoms in total. The monoisotopic (exact) mass is 209 g/mol. The zero-order chi connectivity index (χ0) is 11.3. The Morgan fingerprint density at radius 2 is 2.07 bits per heavy atom. The molecule has 0 heterocycles. The highest BCUT2D eigenvalue weighted by Crippen LogP contribution is 2.19. The molecule has 2 heteroatoms. The molecule has 0 fully saturated rings. The van der Waals surface area contributed by atoms with Gasteiger partial charge in [0.2, 0.25) is 0 Å². The molecule has 0 aliphatic rings. The van der Waals surface area contributed by atoms with Crippen molar-refractivity contribution in [3.63, 3.8) is 0 Å². The molecule has 0 aromatic heterocycles. The summed E-state index contributed by atoms with van der Waals surface area (Å²) in [5.41, 5.74) is 1.91. The van der Waals surface area contributed by atoms with Crippen molar-refractivity contribution in [3.8, 4) is 0 Å². The van der Waals surface area contributed by atoms with Crippen molar-refractivity contribution in [1.82, 2.24) is 5.32 Å². The first-order chi connectivity index (χ1) is 7.19. The lowest BCUT2D eigenvalue weighted by atomic mass is 10.0. The SMILES string of the molecule is CCCNC(CC)c1ccc(F)c(C)c1. The van der Waals surface area contributed by atoms with E-state index in [1.165, 1.54) is 5.56 Å². The summed E-state index contributed by atoms with van der Waals surface area (Å²) in [6.45, 7) is 7.11. The molecule has 1 aromatic rings. The number of aryl methyl sites for hydroxylation is 1. The third-order valence-corrected chi connectivity index (χ3v) is 2.63. The number of halogens is 1. The summed E-state index contributed by atoms with van der Waals surface area (Å²) in [5, 5.41) is 3.46. The Bertz CT molecular complexity index is 309. The zero-order valence-corrected chi connectivity index (χ0v) is 9.81. The quantitative estimate of drug-likeness (QED) is 0.781. The van der Waals surface area contributed by atoms with Gasteiger partial charge in [0.1, 0.15) is 5.82 Å². The highest BCUT2D eigenvalue weighted by atomic mass is 19.1. The highest BCUT2D eigenvalue weighted by molar-refractivity contribution is 5.26. The van der Waals surface area contributed by atoms with Gasteiger partial charge in [-0.3, -0.25) is 0 Å². The van der Waals surface area contributed by atoms with Gasteiger partial charge < -0.3 is 5.32 Å². The summed E-state index contributed by atoms with van der Waals surface area (Å²) >= 11 is 0. The Hall–Kier alpha value is -0.890. The van der Waals surface area contributed by atoms with Gasteiger partial charge in [-0.25, -0.2) is 4.39 Å². The molecule has 15 heavy (non-hydrogen) atoms. The van der Waals surface area contributed by atoms with Gasteiger partial charge >= 0.3 is 0 Å². The van der Waals surface area contributed by atoms with E-state index in [-0.39, 0.29) is 5.82 Å². The minimum Gasteiger partial charge on any atom is -0.310 e. The van der Waals surface area contributed by atoms with Crippen LogP contribution in [0, 0.1) is 12.7 Å². The lowest BCUT2D eigenvalue weighted by Gasteiger charge is -2.17. The van der Waals surface area contributed by atoms with E-state index in [1.807, 2.05) is 19.1 Å². The van der Waals surface area contributed by atoms with Crippen LogP contribution in [0.3, 0.4) is 0 Å². The fourth-order valence-corrected chi connectivity index (χ4v) is 1.70. The Morgan fingerprint density at radius 1 is 1.33 bits per heavy atom. The van der Waals surface area contributed by atoms with Crippen LogP contribution < -0.4 is 5.32 Å². The summed E-state index contributed by atoms with van der Waals surface area (Å²) in [7, 11) is 0. The van der Waals surface area contributed by atoms with E-state index in [0.29, 0.717) is 6.04 Å². The molecule has 1 N–H and O–H groups in total. The minimum absolute atomic E-state index is 0.121. The van der Waals surface area contributed by atoms with Crippen molar-refractivity contribution in [2.45, 2.75) is 39.7 Å². The Balaban J connectivity index is 2.78. The van der Waals surface area contributed by atoms with Crippen LogP contribution in [0.1, 0.15) is 43.9 Å². The standard InChI is InChI=1S/C13H20FN/c1-4-8-15-13(5-2)11-6-7-12(14)10(3)9-11/h6-7,9,13,15H,4-5,8H2,1-3H3. The first kappa shape index (κ1) is 12.2. The van der Waals surface area contributed by atoms with Gasteiger partial charge in [0.15, 0.2) is 0 Å². The topological polar surface area (TPSA) is 12.0 Å². The van der Waals surface area contributed by atoms with Crippen LogP contribution in [0.15, 0.2) is 18.2 Å². The van der Waals surface area contributed by atoms with Gasteiger partial charge in [-0.05, 0) is 43.5 Å². The predicted molar refractivity (Wildman–Crippen MR) is 62.5 cm³/mol. The average Bonchev–Trinajstić information content (AvgIpc) is 2.24. The van der Waals surface area contributed by atoms with Crippen LogP contribution in [0.4, 0.5) is 4.39 Å². The summed E-state index contributed by atoms with van der Waals surface area (Å²) in [4.78, 5) is 0. The first-order valence-electron chi connectivity index (χ1n) is 5.68. The fourth-order valence-electron chi connectivity index (χ4n) is 1.70. The summed E-state index contributed by atoms with van der Waals surface area (Å²) in [5.74, 6) is -0.121. The molecule has 0 saturated heterocycles. The molecule has 0 aliphatic carbocycles. The van der Waals surface area contributed by atoms with Crippen LogP contribution >= 0.6 is 0 Å². The first-order valence-corrected chi connectivity index (χ1v) is 5.68. The highest BCUT2D eigenvalue weighted by Gasteiger charge is 2.09. The third-order valence-electron chi connectivity index (χ3n) is 2.63. The van der Waals surface area contributed by atoms with E-state index in [4.69, 9.17) is 0 Å². The number of hydrogen-bond acceptors (Lipinski definition) is 1. The van der Waals surface area contributed by atoms with Crippen LogP contribution in [0.25, 0.3) is 0 Å². The van der Waals surface area contributed by atoms with Gasteiger partial charge in [-0.1, -0.05) is 26.0 Å². The van der Waals surface area contributed by atoms with Gasteiger partial charge in [0.05, 0.1) is 0 Å². The van der Waals surface area contributed by atoms with E-state index in [2.05, 4.69) is 19.2 Å². The van der Waals surface area contributed by atoms with Crippen molar-refractivity contribution in [3.05, 3.63) is 35.1 Å². The number of hydrogen-bond donors (Lipinski definition) is 1. The van der Waals surface area contributed by atoms with E-state index in [9.17, 15) is 4.39 Å². The maximum Gasteiger partial charge on any atom is 0.126 e. The zero-order valence-electron chi connectivity index (χ0n) is 9.81. The van der Waals surface area contributed by atoms with Gasteiger partial charge in [-0.15, -0.1) is 0 Å². The van der Waals surface area contributed by atoms with Crippen molar-refractivity contribution in [2.75, 3.05) is 6.54 Å². The van der Waals surface area contributed by atoms with Gasteiger partial charge in [0.25, 0.3) is 0 Å². The average molecular weight is 209 g/mol. The van der Waals surface area contributed by atoms with E-state index < -0.39 is 0 Å². The fraction of sp³-hybridized carbons (Fsp3) is 0.538. The molecule has 0 spiro atoms. The molecule has 1 atom stereocenters. The van der Waals surface area contributed by atoms with Crippen LogP contribution in [-0.2, 0) is 0 Å². The molecule has 1 unspecified atom stereocenters. The Labute approximate surface area is 91.7 Å². The lowest BCUT2D eigenvalue weighted by Crippen LogP contribution is -2.21. The molecule has 0 radical (unpaired) electrons. The maximum atomic E-state index is 13.1. The molecule has 1 rings (SSSR count). The molecule has 1 aromatic carbocycles. The summed E-state index contributed by atoms with van der Waals surface area (Å²) in [6, 6.07) is 5.72. The maximum absolute atomic E-state index is 13.1. The van der Waals surface area contributed by atoms with Crippen molar-refractivity contribution >= 4 is 0 Å². The van der Waals surface area contributed by atoms with Crippen LogP contribution in [0.5, 0.6) is 0 Å². The van der Waals surface area contributed by atoms with E-state index in [0.717, 1.165) is 24.9 Å². The van der Waals surface area contributed by atoms with Crippen LogP contribution in [-0.4, -0.2) is 6.54 Å². The molecule has 84 valence electrons. The minimum atomic E-state index is -0.121. The normalized spacial score (nSPS) is 12.8. The Morgan fingerprint density at radius 3 is 2.60 bits per heavy atom. The van der Waals surface area contributed by atoms with Crippen molar-refractivity contribution in [1.29, 1.82) is 0 Å². The molecular formula is C13H20FN. The molecule has 0 amide bonds. The van der Waals surface area contributed by atoms with Gasteiger partial charge in [-0.2, -0.15) is 0 Å². The smallest absolute Gasteiger partial charge is 0.126 e. The summed E-state index contributed by atoms with van der Waals surface area (Å²) < 4.78 is 13.1. The second-order valence-corrected chi connectivity index (χ2v) is 3.92. The second-order valence-electron chi connectivity index (χ2n) is 3.92. The second kappa shape index (κ2) is 5.86. The lowest BCUT2D eigenvalue weighted by molar-refractivity contribution is 0.516. The third kappa shape index (κ3) is 3.31. The summed E-state index contributed by atoms with van der Waals surface area (Å²) in [6.07, 6.45) is 2.15. The number of nitrogens with one attached hydrogen (secondary N) is 1. The number of rotatable bonds is 5. The Kier molecular flexibility index (Phi) is 4.76. The van der Waals surface area contributed by atoms with Crippen molar-refractivity contribution in [2.24, 2.45) is 0 Å². The molecular weight excluding hydrogens is 189 g/mol. The molecule has 0 bridgehead atoms. The van der Waals surface area contributed by atoms with E-state index >= 15 is 0 Å². The van der Waals surface area contributed by atoms with E-state index in [1.54, 1.807) is 6.07 Å². The van der Waals surface area contributed by atoms with Gasteiger partial charge in [0, 0.05) is 6.04 Å².